The molecule has 1 saturated heterocycles. The number of piperidine rings is 1. The molecule has 1 aliphatic rings. The first kappa shape index (κ1) is 15.8. The van der Waals surface area contributed by atoms with E-state index in [1.54, 1.807) is 0 Å². The van der Waals surface area contributed by atoms with Gasteiger partial charge in [-0.1, -0.05) is 0 Å². The van der Waals surface area contributed by atoms with Crippen LogP contribution in [0.1, 0.15) is 44.2 Å². The number of nitrogens with zero attached hydrogens (tertiary/aromatic N) is 1. The normalized spacial score (nSPS) is 16.8. The number of benzene rings is 1. The van der Waals surface area contributed by atoms with Crippen LogP contribution in [0, 0.1) is 5.82 Å². The Labute approximate surface area is 125 Å². The third-order valence-electron chi connectivity index (χ3n) is 3.95. The molecule has 1 heterocycles. The van der Waals surface area contributed by atoms with Gasteiger partial charge in [0.15, 0.2) is 0 Å². The quantitative estimate of drug-likeness (QED) is 0.877. The lowest BCUT2D eigenvalue weighted by molar-refractivity contribution is -0.132. The molecule has 116 valence electrons. The van der Waals surface area contributed by atoms with Crippen molar-refractivity contribution in [1.29, 1.82) is 0 Å². The largest absolute Gasteiger partial charge is 0.508 e. The van der Waals surface area contributed by atoms with E-state index in [2.05, 4.69) is 5.32 Å². The van der Waals surface area contributed by atoms with Crippen LogP contribution in [0.25, 0.3) is 0 Å². The summed E-state index contributed by atoms with van der Waals surface area (Å²) in [4.78, 5) is 13.9. The first-order valence-electron chi connectivity index (χ1n) is 7.57. The molecule has 21 heavy (non-hydrogen) atoms. The van der Waals surface area contributed by atoms with Crippen LogP contribution >= 0.6 is 0 Å². The van der Waals surface area contributed by atoms with Gasteiger partial charge in [0.05, 0.1) is 0 Å². The SMILES string of the molecule is CC(NCCC(=O)N1CCCCC1)c1cc(F)ccc1O. The van der Waals surface area contributed by atoms with Crippen LogP contribution in [-0.2, 0) is 4.79 Å². The van der Waals surface area contributed by atoms with Gasteiger partial charge in [-0.2, -0.15) is 0 Å². The van der Waals surface area contributed by atoms with Gasteiger partial charge in [-0.25, -0.2) is 4.39 Å². The second-order valence-electron chi connectivity index (χ2n) is 5.57. The van der Waals surface area contributed by atoms with Gasteiger partial charge in [0.2, 0.25) is 5.91 Å². The van der Waals surface area contributed by atoms with E-state index in [-0.39, 0.29) is 23.5 Å². The Hall–Kier alpha value is -1.62. The molecule has 4 nitrogen and oxygen atoms in total. The van der Waals surface area contributed by atoms with Crippen molar-refractivity contribution < 1.29 is 14.3 Å². The van der Waals surface area contributed by atoms with Gasteiger partial charge in [0, 0.05) is 37.7 Å². The molecular formula is C16H23FN2O2. The number of aromatic hydroxyl groups is 1. The van der Waals surface area contributed by atoms with Crippen molar-refractivity contribution in [2.45, 2.75) is 38.6 Å². The number of phenols is 1. The standard InChI is InChI=1S/C16H23FN2O2/c1-12(14-11-13(17)5-6-15(14)20)18-8-7-16(21)19-9-3-2-4-10-19/h5-6,11-12,18,20H,2-4,7-10H2,1H3. The summed E-state index contributed by atoms with van der Waals surface area (Å²) in [5.74, 6) is -0.141. The molecule has 1 fully saturated rings. The molecule has 5 heteroatoms. The van der Waals surface area contributed by atoms with Crippen LogP contribution in [0.4, 0.5) is 4.39 Å². The molecule has 0 aliphatic carbocycles. The first-order chi connectivity index (χ1) is 10.1. The number of rotatable bonds is 5. The van der Waals surface area contributed by atoms with Gasteiger partial charge in [-0.05, 0) is 44.4 Å². The second kappa shape index (κ2) is 7.41. The Kier molecular flexibility index (Phi) is 5.56. The van der Waals surface area contributed by atoms with Gasteiger partial charge >= 0.3 is 0 Å². The monoisotopic (exact) mass is 294 g/mol. The molecule has 1 aromatic rings. The number of likely N-dealkylation sites (tertiary alicyclic amines) is 1. The first-order valence-corrected chi connectivity index (χ1v) is 7.57. The van der Waals surface area contributed by atoms with Gasteiger partial charge in [-0.15, -0.1) is 0 Å². The van der Waals surface area contributed by atoms with E-state index in [4.69, 9.17) is 0 Å². The summed E-state index contributed by atoms with van der Waals surface area (Å²) in [7, 11) is 0. The lowest BCUT2D eigenvalue weighted by Gasteiger charge is -2.27. The fraction of sp³-hybridized carbons (Fsp3) is 0.562. The van der Waals surface area contributed by atoms with Gasteiger partial charge in [0.1, 0.15) is 11.6 Å². The van der Waals surface area contributed by atoms with Gasteiger partial charge in [-0.3, -0.25) is 4.79 Å². The molecule has 0 radical (unpaired) electrons. The summed E-state index contributed by atoms with van der Waals surface area (Å²) in [6, 6.07) is 3.70. The van der Waals surface area contributed by atoms with Crippen LogP contribution in [0.3, 0.4) is 0 Å². The lowest BCUT2D eigenvalue weighted by atomic mass is 10.1. The number of hydrogen-bond donors (Lipinski definition) is 2. The molecular weight excluding hydrogens is 271 g/mol. The Morgan fingerprint density at radius 3 is 2.81 bits per heavy atom. The number of hydrogen-bond acceptors (Lipinski definition) is 3. The maximum absolute atomic E-state index is 13.2. The van der Waals surface area contributed by atoms with Crippen molar-refractivity contribution in [3.8, 4) is 5.75 Å². The van der Waals surface area contributed by atoms with Crippen LogP contribution in [-0.4, -0.2) is 35.5 Å². The van der Waals surface area contributed by atoms with Crippen molar-refractivity contribution in [3.05, 3.63) is 29.6 Å². The van der Waals surface area contributed by atoms with Crippen LogP contribution in [0.5, 0.6) is 5.75 Å². The molecule has 2 rings (SSSR count). The molecule has 2 N–H and O–H groups in total. The van der Waals surface area contributed by atoms with Crippen molar-refractivity contribution in [3.63, 3.8) is 0 Å². The van der Waals surface area contributed by atoms with Crippen molar-refractivity contribution >= 4 is 5.91 Å². The summed E-state index contributed by atoms with van der Waals surface area (Å²) in [6.45, 7) is 4.09. The van der Waals surface area contributed by atoms with Crippen molar-refractivity contribution in [1.82, 2.24) is 10.2 Å². The van der Waals surface area contributed by atoms with E-state index in [1.807, 2.05) is 11.8 Å². The highest BCUT2D eigenvalue weighted by atomic mass is 19.1. The Bertz CT molecular complexity index is 487. The van der Waals surface area contributed by atoms with E-state index in [1.165, 1.54) is 24.6 Å². The van der Waals surface area contributed by atoms with E-state index < -0.39 is 0 Å². The highest BCUT2D eigenvalue weighted by Crippen LogP contribution is 2.24. The van der Waals surface area contributed by atoms with E-state index in [0.29, 0.717) is 18.5 Å². The zero-order chi connectivity index (χ0) is 15.2. The molecule has 0 bridgehead atoms. The molecule has 0 saturated carbocycles. The van der Waals surface area contributed by atoms with Crippen molar-refractivity contribution in [2.75, 3.05) is 19.6 Å². The zero-order valence-corrected chi connectivity index (χ0v) is 12.4. The minimum atomic E-state index is -0.374. The highest BCUT2D eigenvalue weighted by Gasteiger charge is 2.17. The fourth-order valence-corrected chi connectivity index (χ4v) is 2.68. The Morgan fingerprint density at radius 2 is 2.10 bits per heavy atom. The number of carbonyl (C=O) groups excluding carboxylic acids is 1. The van der Waals surface area contributed by atoms with Gasteiger partial charge < -0.3 is 15.3 Å². The lowest BCUT2D eigenvalue weighted by Crippen LogP contribution is -2.37. The Balaban J connectivity index is 1.79. The van der Waals surface area contributed by atoms with Crippen LogP contribution in [0.2, 0.25) is 0 Å². The summed E-state index contributed by atoms with van der Waals surface area (Å²) < 4.78 is 13.2. The third kappa shape index (κ3) is 4.43. The molecule has 1 aromatic carbocycles. The predicted molar refractivity (Wildman–Crippen MR) is 79.5 cm³/mol. The molecule has 1 aliphatic heterocycles. The van der Waals surface area contributed by atoms with Crippen molar-refractivity contribution in [2.24, 2.45) is 0 Å². The van der Waals surface area contributed by atoms with E-state index in [0.717, 1.165) is 25.9 Å². The van der Waals surface area contributed by atoms with E-state index in [9.17, 15) is 14.3 Å². The molecule has 0 aromatic heterocycles. The third-order valence-corrected chi connectivity index (χ3v) is 3.95. The molecule has 1 amide bonds. The number of halogens is 1. The number of phenolic OH excluding ortho intramolecular Hbond substituents is 1. The van der Waals surface area contributed by atoms with Crippen LogP contribution in [0.15, 0.2) is 18.2 Å². The van der Waals surface area contributed by atoms with Gasteiger partial charge in [0.25, 0.3) is 0 Å². The molecule has 0 spiro atoms. The number of nitrogens with one attached hydrogen (secondary N) is 1. The minimum Gasteiger partial charge on any atom is -0.508 e. The smallest absolute Gasteiger partial charge is 0.223 e. The Morgan fingerprint density at radius 1 is 1.38 bits per heavy atom. The topological polar surface area (TPSA) is 52.6 Å². The average molecular weight is 294 g/mol. The molecule has 1 atom stereocenters. The second-order valence-corrected chi connectivity index (χ2v) is 5.57. The zero-order valence-electron chi connectivity index (χ0n) is 12.4. The maximum atomic E-state index is 13.2. The summed E-state index contributed by atoms with van der Waals surface area (Å²) in [5.41, 5.74) is 0.514. The maximum Gasteiger partial charge on any atom is 0.223 e. The summed E-state index contributed by atoms with van der Waals surface area (Å²) >= 11 is 0. The van der Waals surface area contributed by atoms with E-state index >= 15 is 0 Å². The number of amides is 1. The summed E-state index contributed by atoms with van der Waals surface area (Å²) in [6.07, 6.45) is 3.82. The minimum absolute atomic E-state index is 0.0683. The fourth-order valence-electron chi connectivity index (χ4n) is 2.68. The highest BCUT2D eigenvalue weighted by molar-refractivity contribution is 5.76. The predicted octanol–water partition coefficient (Wildman–Crippen LogP) is 2.58. The molecule has 1 unspecified atom stereocenters. The summed E-state index contributed by atoms with van der Waals surface area (Å²) in [5, 5.41) is 12.9. The van der Waals surface area contributed by atoms with Crippen LogP contribution < -0.4 is 5.32 Å². The average Bonchev–Trinajstić information content (AvgIpc) is 2.50. The number of carbonyl (C=O) groups is 1.